The number of carbonyl (C=O) groups is 4. The summed E-state index contributed by atoms with van der Waals surface area (Å²) in [5, 5.41) is 6.53. The Balaban J connectivity index is 0.00000344. The molecule has 0 radical (unpaired) electrons. The summed E-state index contributed by atoms with van der Waals surface area (Å²) in [4.78, 5) is 48.9. The predicted molar refractivity (Wildman–Crippen MR) is 156 cm³/mol. The van der Waals surface area contributed by atoms with Gasteiger partial charge in [-0.25, -0.2) is 9.59 Å². The topological polar surface area (TPSA) is 117 Å². The van der Waals surface area contributed by atoms with Gasteiger partial charge in [0.25, 0.3) is 0 Å². The second-order valence-corrected chi connectivity index (χ2v) is 13.8. The monoisotopic (exact) mass is 554 g/mol. The molecule has 1 amide bonds. The van der Waals surface area contributed by atoms with Crippen molar-refractivity contribution in [3.05, 3.63) is 0 Å². The molecule has 2 saturated heterocycles. The first-order valence-electron chi connectivity index (χ1n) is 14.5. The van der Waals surface area contributed by atoms with Crippen LogP contribution in [0.3, 0.4) is 0 Å². The van der Waals surface area contributed by atoms with Crippen molar-refractivity contribution in [1.29, 1.82) is 0 Å². The van der Waals surface area contributed by atoms with Crippen LogP contribution in [-0.2, 0) is 28.7 Å². The van der Waals surface area contributed by atoms with E-state index in [4.69, 9.17) is 9.47 Å². The van der Waals surface area contributed by atoms with Crippen molar-refractivity contribution in [2.45, 2.75) is 146 Å². The lowest BCUT2D eigenvalue weighted by molar-refractivity contribution is -0.133. The van der Waals surface area contributed by atoms with Crippen LogP contribution in [0.25, 0.3) is 0 Å². The number of ether oxygens (including phenoxy) is 2. The summed E-state index contributed by atoms with van der Waals surface area (Å²) < 4.78 is 10.4. The highest BCUT2D eigenvalue weighted by atomic mass is 16.7. The maximum absolute atomic E-state index is 13.7. The fourth-order valence-electron chi connectivity index (χ4n) is 5.71. The molecule has 2 aliphatic heterocycles. The third-order valence-corrected chi connectivity index (χ3v) is 7.89. The summed E-state index contributed by atoms with van der Waals surface area (Å²) in [6.45, 7) is 27.3. The van der Waals surface area contributed by atoms with Gasteiger partial charge in [-0.2, -0.15) is 0 Å². The van der Waals surface area contributed by atoms with Gasteiger partial charge in [-0.15, -0.1) is 0 Å². The van der Waals surface area contributed by atoms with Gasteiger partial charge in [0.1, 0.15) is 6.29 Å². The molecule has 8 nitrogen and oxygen atoms in total. The molecule has 0 aromatic heterocycles. The molecule has 2 fully saturated rings. The third kappa shape index (κ3) is 9.87. The minimum absolute atomic E-state index is 0.0388. The van der Waals surface area contributed by atoms with Gasteiger partial charge in [0.2, 0.25) is 17.1 Å². The molecule has 39 heavy (non-hydrogen) atoms. The average molecular weight is 555 g/mol. The molecule has 0 bridgehead atoms. The van der Waals surface area contributed by atoms with Crippen molar-refractivity contribution >= 4 is 24.1 Å². The molecule has 2 N–H and O–H groups in total. The van der Waals surface area contributed by atoms with Crippen molar-refractivity contribution in [3.8, 4) is 0 Å². The van der Waals surface area contributed by atoms with Crippen molar-refractivity contribution in [2.75, 3.05) is 7.05 Å². The van der Waals surface area contributed by atoms with Crippen LogP contribution in [0, 0.1) is 21.7 Å². The fourth-order valence-corrected chi connectivity index (χ4v) is 5.71. The lowest BCUT2D eigenvalue weighted by atomic mass is 9.67. The minimum atomic E-state index is -0.909. The van der Waals surface area contributed by atoms with Gasteiger partial charge in [0.05, 0.1) is 0 Å². The zero-order chi connectivity index (χ0) is 31.3. The zero-order valence-electron chi connectivity index (χ0n) is 27.5. The normalized spacial score (nSPS) is 24.0. The molecule has 0 aromatic rings. The Morgan fingerprint density at radius 3 is 1.49 bits per heavy atom. The Labute approximate surface area is 238 Å². The van der Waals surface area contributed by atoms with Crippen LogP contribution in [0.2, 0.25) is 0 Å². The number of amides is 1. The highest BCUT2D eigenvalue weighted by Gasteiger charge is 2.58. The first-order valence-corrected chi connectivity index (χ1v) is 14.5. The van der Waals surface area contributed by atoms with Gasteiger partial charge < -0.3 is 24.9 Å². The summed E-state index contributed by atoms with van der Waals surface area (Å²) in [6.07, 6.45) is 2.91. The maximum Gasteiger partial charge on any atom is 0.351 e. The van der Waals surface area contributed by atoms with Gasteiger partial charge >= 0.3 is 11.9 Å². The number of carbonyl (C=O) groups excluding carboxylic acids is 4. The number of aldehydes is 1. The van der Waals surface area contributed by atoms with E-state index in [9.17, 15) is 19.2 Å². The van der Waals surface area contributed by atoms with Crippen LogP contribution in [0.15, 0.2) is 0 Å². The molecule has 4 atom stereocenters. The quantitative estimate of drug-likeness (QED) is 0.212. The number of epoxide rings is 2. The Morgan fingerprint density at radius 1 is 0.795 bits per heavy atom. The summed E-state index contributed by atoms with van der Waals surface area (Å²) in [5.74, 6) is -0.590. The van der Waals surface area contributed by atoms with Gasteiger partial charge in [0, 0.05) is 35.8 Å². The highest BCUT2D eigenvalue weighted by Crippen LogP contribution is 2.45. The Bertz CT molecular complexity index is 878. The summed E-state index contributed by atoms with van der Waals surface area (Å²) in [7, 11) is 1.86. The zero-order valence-corrected chi connectivity index (χ0v) is 27.5. The van der Waals surface area contributed by atoms with Gasteiger partial charge in [-0.3, -0.25) is 4.79 Å². The van der Waals surface area contributed by atoms with E-state index in [2.05, 4.69) is 24.5 Å². The molecule has 4 unspecified atom stereocenters. The molecule has 228 valence electrons. The van der Waals surface area contributed by atoms with Crippen LogP contribution < -0.4 is 10.6 Å². The average Bonchev–Trinajstić information content (AvgIpc) is 3.64. The summed E-state index contributed by atoms with van der Waals surface area (Å²) >= 11 is 0. The molecular weight excluding hydrogens is 496 g/mol. The van der Waals surface area contributed by atoms with Crippen molar-refractivity contribution in [1.82, 2.24) is 10.6 Å². The second-order valence-electron chi connectivity index (χ2n) is 13.8. The lowest BCUT2D eigenvalue weighted by Crippen LogP contribution is -2.54. The smallest absolute Gasteiger partial charge is 0.351 e. The molecule has 0 aromatic carbocycles. The molecular formula is C31H58N2O6. The van der Waals surface area contributed by atoms with E-state index < -0.39 is 27.4 Å². The van der Waals surface area contributed by atoms with Crippen LogP contribution in [0.4, 0.5) is 0 Å². The van der Waals surface area contributed by atoms with Crippen LogP contribution >= 0.6 is 0 Å². The second kappa shape index (κ2) is 13.1. The third-order valence-electron chi connectivity index (χ3n) is 7.89. The van der Waals surface area contributed by atoms with E-state index in [1.165, 1.54) is 0 Å². The van der Waals surface area contributed by atoms with Crippen molar-refractivity contribution in [3.63, 3.8) is 0 Å². The number of nitrogens with one attached hydrogen (secondary N) is 2. The van der Waals surface area contributed by atoms with Crippen LogP contribution in [0.5, 0.6) is 0 Å². The molecule has 0 aliphatic carbocycles. The highest BCUT2D eigenvalue weighted by molar-refractivity contribution is 5.93. The SMILES string of the molecule is CC.CC.CNC(CC1(C)OC1=O)C(C)(C)CC(C)(C)C(=O)NC(CC1(C)OC1=O)C(C)(C)CC(C)(C)C=O. The van der Waals surface area contributed by atoms with E-state index in [1.807, 2.05) is 76.3 Å². The van der Waals surface area contributed by atoms with Crippen molar-refractivity contribution in [2.24, 2.45) is 21.7 Å². The number of hydrogen-bond acceptors (Lipinski definition) is 7. The van der Waals surface area contributed by atoms with E-state index in [1.54, 1.807) is 13.8 Å². The predicted octanol–water partition coefficient (Wildman–Crippen LogP) is 5.61. The van der Waals surface area contributed by atoms with Crippen LogP contribution in [0.1, 0.15) is 123 Å². The van der Waals surface area contributed by atoms with Gasteiger partial charge in [0.15, 0.2) is 0 Å². The molecule has 8 heteroatoms. The Hall–Kier alpha value is -1.96. The lowest BCUT2D eigenvalue weighted by Gasteiger charge is -2.43. The molecule has 0 saturated carbocycles. The first-order chi connectivity index (χ1) is 17.6. The number of hydrogen-bond donors (Lipinski definition) is 2. The van der Waals surface area contributed by atoms with Gasteiger partial charge in [-0.05, 0) is 44.6 Å². The Morgan fingerprint density at radius 2 is 1.15 bits per heavy atom. The molecule has 2 rings (SSSR count). The first kappa shape index (κ1) is 37.0. The molecule has 0 spiro atoms. The Kier molecular flexibility index (Phi) is 12.5. The fraction of sp³-hybridized carbons (Fsp3) is 0.871. The van der Waals surface area contributed by atoms with Crippen molar-refractivity contribution < 1.29 is 28.7 Å². The standard InChI is InChI=1S/C27H46N2O6.2C2H6/c1-22(2,16-30)14-23(3,4)18(13-27(10)21(33)35-27)29-19(31)25(7,8)15-24(5,6)17(28-11)12-26(9)20(32)34-26;2*1-2/h16-18,28H,12-15H2,1-11H3,(H,29,31);2*1-2H3. The number of cyclic esters (lactones) is 2. The summed E-state index contributed by atoms with van der Waals surface area (Å²) in [6, 6.07) is -0.410. The maximum atomic E-state index is 13.7. The van der Waals surface area contributed by atoms with Gasteiger partial charge in [-0.1, -0.05) is 83.1 Å². The van der Waals surface area contributed by atoms with E-state index >= 15 is 0 Å². The molecule has 2 aliphatic rings. The largest absolute Gasteiger partial charge is 0.444 e. The van der Waals surface area contributed by atoms with Crippen LogP contribution in [-0.4, -0.2) is 54.5 Å². The number of rotatable bonds is 14. The van der Waals surface area contributed by atoms with E-state index in [-0.39, 0.29) is 35.3 Å². The van der Waals surface area contributed by atoms with E-state index in [0.717, 1.165) is 6.29 Å². The van der Waals surface area contributed by atoms with E-state index in [0.29, 0.717) is 25.7 Å². The molecule has 2 heterocycles. The summed E-state index contributed by atoms with van der Waals surface area (Å²) in [5.41, 5.74) is -3.77. The minimum Gasteiger partial charge on any atom is -0.444 e.